The number of nitrogens with zero attached hydrogens (tertiary/aromatic N) is 3. The molecule has 0 radical (unpaired) electrons. The van der Waals surface area contributed by atoms with Crippen molar-refractivity contribution in [3.63, 3.8) is 0 Å². The third-order valence-electron chi connectivity index (χ3n) is 4.33. The van der Waals surface area contributed by atoms with Crippen LogP contribution in [0.3, 0.4) is 0 Å². The van der Waals surface area contributed by atoms with E-state index < -0.39 is 0 Å². The normalized spacial score (nSPS) is 11.1. The van der Waals surface area contributed by atoms with Gasteiger partial charge in [-0.05, 0) is 36.8 Å². The summed E-state index contributed by atoms with van der Waals surface area (Å²) in [7, 11) is 1.74. The maximum absolute atomic E-state index is 12.7. The lowest BCUT2D eigenvalue weighted by Gasteiger charge is -2.08. The van der Waals surface area contributed by atoms with Crippen molar-refractivity contribution in [2.24, 2.45) is 7.05 Å². The van der Waals surface area contributed by atoms with Crippen LogP contribution in [0.15, 0.2) is 59.5 Å². The zero-order valence-corrected chi connectivity index (χ0v) is 13.9. The average Bonchev–Trinajstić information content (AvgIpc) is 2.95. The minimum atomic E-state index is -0.275. The molecule has 3 aromatic heterocycles. The molecule has 1 aromatic carbocycles. The zero-order chi connectivity index (χ0) is 17.6. The third kappa shape index (κ3) is 2.39. The number of hydrogen-bond donors (Lipinski definition) is 1. The predicted octanol–water partition coefficient (Wildman–Crippen LogP) is 2.75. The van der Waals surface area contributed by atoms with Crippen molar-refractivity contribution in [1.29, 1.82) is 0 Å². The Hall–Kier alpha value is -3.41. The number of para-hydroxylation sites is 1. The van der Waals surface area contributed by atoms with Crippen molar-refractivity contribution in [1.82, 2.24) is 14.0 Å². The molecule has 0 aliphatic heterocycles. The molecule has 0 aliphatic carbocycles. The smallest absolute Gasteiger partial charge is 0.272 e. The Bertz CT molecular complexity index is 1190. The summed E-state index contributed by atoms with van der Waals surface area (Å²) in [6.07, 6.45) is 1.67. The largest absolute Gasteiger partial charge is 0.324 e. The van der Waals surface area contributed by atoms with Gasteiger partial charge in [0.05, 0.1) is 5.39 Å². The first-order chi connectivity index (χ1) is 12.1. The van der Waals surface area contributed by atoms with Crippen molar-refractivity contribution >= 4 is 28.3 Å². The van der Waals surface area contributed by atoms with E-state index in [1.807, 2.05) is 37.3 Å². The van der Waals surface area contributed by atoms with Crippen LogP contribution in [0, 0.1) is 6.92 Å². The number of hydrogen-bond acceptors (Lipinski definition) is 3. The van der Waals surface area contributed by atoms with Crippen LogP contribution >= 0.6 is 0 Å². The van der Waals surface area contributed by atoms with Crippen LogP contribution in [0.1, 0.15) is 16.1 Å². The fourth-order valence-corrected chi connectivity index (χ4v) is 2.94. The number of rotatable bonds is 2. The van der Waals surface area contributed by atoms with E-state index in [1.165, 1.54) is 4.40 Å². The van der Waals surface area contributed by atoms with Gasteiger partial charge in [-0.1, -0.05) is 24.3 Å². The Morgan fingerprint density at radius 2 is 1.88 bits per heavy atom. The molecule has 3 heterocycles. The molecule has 1 amide bonds. The molecule has 0 bridgehead atoms. The van der Waals surface area contributed by atoms with Gasteiger partial charge in [0.25, 0.3) is 11.5 Å². The Morgan fingerprint density at radius 3 is 2.68 bits per heavy atom. The molecular weight excluding hydrogens is 316 g/mol. The molecule has 0 fully saturated rings. The van der Waals surface area contributed by atoms with Crippen LogP contribution in [0.25, 0.3) is 16.7 Å². The number of amides is 1. The van der Waals surface area contributed by atoms with E-state index in [1.54, 1.807) is 36.0 Å². The molecule has 6 nitrogen and oxygen atoms in total. The van der Waals surface area contributed by atoms with Gasteiger partial charge in [0.1, 0.15) is 17.0 Å². The van der Waals surface area contributed by atoms with Crippen LogP contribution in [0.2, 0.25) is 0 Å². The van der Waals surface area contributed by atoms with Crippen molar-refractivity contribution in [2.45, 2.75) is 6.92 Å². The number of nitrogens with one attached hydrogen (secondary N) is 1. The van der Waals surface area contributed by atoms with E-state index in [9.17, 15) is 9.59 Å². The van der Waals surface area contributed by atoms with Gasteiger partial charge in [-0.2, -0.15) is 0 Å². The Balaban J connectivity index is 1.85. The summed E-state index contributed by atoms with van der Waals surface area (Å²) >= 11 is 0. The first-order valence-corrected chi connectivity index (χ1v) is 7.90. The fourth-order valence-electron chi connectivity index (χ4n) is 2.94. The SMILES string of the molecule is Cc1ccccc1NC(=O)c1cc2c(=O)n3ccccc3nc2n1C. The highest BCUT2D eigenvalue weighted by Crippen LogP contribution is 2.18. The van der Waals surface area contributed by atoms with Crippen LogP contribution in [-0.4, -0.2) is 19.9 Å². The highest BCUT2D eigenvalue weighted by Gasteiger charge is 2.18. The first-order valence-electron chi connectivity index (χ1n) is 7.90. The molecule has 0 aliphatic rings. The van der Waals surface area contributed by atoms with Gasteiger partial charge in [0, 0.05) is 18.9 Å². The summed E-state index contributed by atoms with van der Waals surface area (Å²) < 4.78 is 3.13. The number of benzene rings is 1. The van der Waals surface area contributed by atoms with Crippen molar-refractivity contribution in [3.05, 3.63) is 76.3 Å². The van der Waals surface area contributed by atoms with Crippen LogP contribution in [-0.2, 0) is 7.05 Å². The van der Waals surface area contributed by atoms with Gasteiger partial charge >= 0.3 is 0 Å². The topological polar surface area (TPSA) is 68.4 Å². The number of aromatic nitrogens is 3. The highest BCUT2D eigenvalue weighted by molar-refractivity contribution is 6.06. The minimum absolute atomic E-state index is 0.189. The maximum atomic E-state index is 12.7. The van der Waals surface area contributed by atoms with Gasteiger partial charge in [-0.15, -0.1) is 0 Å². The summed E-state index contributed by atoms with van der Waals surface area (Å²) in [6, 6.07) is 14.5. The van der Waals surface area contributed by atoms with Gasteiger partial charge in [-0.25, -0.2) is 4.98 Å². The molecule has 1 N–H and O–H groups in total. The highest BCUT2D eigenvalue weighted by atomic mass is 16.2. The molecule has 4 rings (SSSR count). The maximum Gasteiger partial charge on any atom is 0.272 e. The second kappa shape index (κ2) is 5.59. The summed E-state index contributed by atoms with van der Waals surface area (Å²) in [5, 5.41) is 3.31. The Kier molecular flexibility index (Phi) is 3.39. The number of aryl methyl sites for hydroxylation is 2. The van der Waals surface area contributed by atoms with E-state index >= 15 is 0 Å². The number of carbonyl (C=O) groups is 1. The monoisotopic (exact) mass is 332 g/mol. The molecule has 25 heavy (non-hydrogen) atoms. The van der Waals surface area contributed by atoms with Gasteiger partial charge in [0.2, 0.25) is 0 Å². The van der Waals surface area contributed by atoms with Crippen LogP contribution in [0.5, 0.6) is 0 Å². The molecule has 0 saturated carbocycles. The summed E-state index contributed by atoms with van der Waals surface area (Å²) in [6.45, 7) is 1.93. The number of carbonyl (C=O) groups excluding carboxylic acids is 1. The third-order valence-corrected chi connectivity index (χ3v) is 4.33. The van der Waals surface area contributed by atoms with E-state index in [-0.39, 0.29) is 11.5 Å². The van der Waals surface area contributed by atoms with Gasteiger partial charge < -0.3 is 9.88 Å². The fraction of sp³-hybridized carbons (Fsp3) is 0.105. The molecule has 0 saturated heterocycles. The summed E-state index contributed by atoms with van der Waals surface area (Å²) in [4.78, 5) is 29.9. The Morgan fingerprint density at radius 1 is 1.12 bits per heavy atom. The molecule has 6 heteroatoms. The molecule has 0 atom stereocenters. The summed E-state index contributed by atoms with van der Waals surface area (Å²) in [5.74, 6) is -0.275. The lowest BCUT2D eigenvalue weighted by molar-refractivity contribution is 0.101. The predicted molar refractivity (Wildman–Crippen MR) is 97.1 cm³/mol. The first kappa shape index (κ1) is 15.1. The Labute approximate surface area is 143 Å². The van der Waals surface area contributed by atoms with E-state index in [2.05, 4.69) is 10.3 Å². The van der Waals surface area contributed by atoms with Gasteiger partial charge in [-0.3, -0.25) is 14.0 Å². The molecular formula is C19H16N4O2. The number of pyridine rings is 1. The minimum Gasteiger partial charge on any atom is -0.324 e. The lowest BCUT2D eigenvalue weighted by Crippen LogP contribution is -2.16. The van der Waals surface area contributed by atoms with Crippen LogP contribution < -0.4 is 10.9 Å². The standard InChI is InChI=1S/C19H16N4O2/c1-12-7-3-4-8-14(12)20-18(24)15-11-13-17(22(15)2)21-16-9-5-6-10-23(16)19(13)25/h3-11H,1-2H3,(H,20,24). The van der Waals surface area contributed by atoms with Gasteiger partial charge in [0.15, 0.2) is 0 Å². The quantitative estimate of drug-likeness (QED) is 0.614. The lowest BCUT2D eigenvalue weighted by atomic mass is 10.2. The molecule has 124 valence electrons. The number of fused-ring (bicyclic) bond motifs is 2. The molecule has 0 spiro atoms. The molecule has 4 aromatic rings. The summed E-state index contributed by atoms with van der Waals surface area (Å²) in [5.41, 5.74) is 2.95. The molecule has 0 unspecified atom stereocenters. The average molecular weight is 332 g/mol. The van der Waals surface area contributed by atoms with Crippen molar-refractivity contribution < 1.29 is 4.79 Å². The van der Waals surface area contributed by atoms with E-state index in [4.69, 9.17) is 0 Å². The zero-order valence-electron chi connectivity index (χ0n) is 13.9. The van der Waals surface area contributed by atoms with E-state index in [0.29, 0.717) is 22.4 Å². The second-order valence-electron chi connectivity index (χ2n) is 5.94. The van der Waals surface area contributed by atoms with Crippen molar-refractivity contribution in [2.75, 3.05) is 5.32 Å². The van der Waals surface area contributed by atoms with Crippen LogP contribution in [0.4, 0.5) is 5.69 Å². The van der Waals surface area contributed by atoms with E-state index in [0.717, 1.165) is 11.3 Å². The second-order valence-corrected chi connectivity index (χ2v) is 5.94. The van der Waals surface area contributed by atoms with Crippen molar-refractivity contribution in [3.8, 4) is 0 Å². The number of anilines is 1.